The number of hydrogen-bond acceptors (Lipinski definition) is 6. The van der Waals surface area contributed by atoms with E-state index in [1.807, 2.05) is 43.3 Å². The molecule has 1 amide bonds. The highest BCUT2D eigenvalue weighted by molar-refractivity contribution is 8.27. The first-order valence-corrected chi connectivity index (χ1v) is 8.66. The molecule has 0 radical (unpaired) electrons. The molecule has 1 N–H and O–H groups in total. The zero-order valence-corrected chi connectivity index (χ0v) is 14.9. The van der Waals surface area contributed by atoms with Crippen LogP contribution in [0.5, 0.6) is 0 Å². The number of carbonyl (C=O) groups excluding carboxylic acids is 1. The van der Waals surface area contributed by atoms with Gasteiger partial charge < -0.3 is 9.32 Å². The summed E-state index contributed by atoms with van der Waals surface area (Å²) in [4.78, 5) is 18.5. The topological polar surface area (TPSA) is 85.3 Å². The number of hydrazone groups is 1. The van der Waals surface area contributed by atoms with Gasteiger partial charge in [0.1, 0.15) is 0 Å². The number of anilines is 1. The van der Waals surface area contributed by atoms with Gasteiger partial charge in [0.15, 0.2) is 16.6 Å². The second-order valence-corrected chi connectivity index (χ2v) is 6.84. The first-order chi connectivity index (χ1) is 12.5. The van der Waals surface area contributed by atoms with E-state index in [1.165, 1.54) is 16.8 Å². The van der Waals surface area contributed by atoms with Gasteiger partial charge in [0, 0.05) is 19.8 Å². The first-order valence-electron chi connectivity index (χ1n) is 7.84. The molecule has 1 aromatic heterocycles. The van der Waals surface area contributed by atoms with Crippen molar-refractivity contribution in [1.82, 2.24) is 5.01 Å². The molecule has 7 nitrogen and oxygen atoms in total. The van der Waals surface area contributed by atoms with E-state index < -0.39 is 5.91 Å². The maximum absolute atomic E-state index is 12.4. The van der Waals surface area contributed by atoms with Gasteiger partial charge in [0.25, 0.3) is 5.91 Å². The van der Waals surface area contributed by atoms with Crippen LogP contribution in [-0.4, -0.2) is 41.1 Å². The normalized spacial score (nSPS) is 18.1. The second-order valence-electron chi connectivity index (χ2n) is 5.89. The van der Waals surface area contributed by atoms with Gasteiger partial charge in [-0.1, -0.05) is 12.1 Å². The number of rotatable bonds is 3. The van der Waals surface area contributed by atoms with Crippen LogP contribution < -0.4 is 4.90 Å². The second kappa shape index (κ2) is 6.30. The molecule has 8 heteroatoms. The van der Waals surface area contributed by atoms with Crippen molar-refractivity contribution in [2.75, 3.05) is 19.0 Å². The molecule has 2 aliphatic heterocycles. The molecule has 0 saturated heterocycles. The molecule has 0 bridgehead atoms. The van der Waals surface area contributed by atoms with Crippen LogP contribution >= 0.6 is 11.8 Å². The highest BCUT2D eigenvalue weighted by Gasteiger charge is 2.36. The molecule has 3 heterocycles. The van der Waals surface area contributed by atoms with Crippen LogP contribution in [-0.2, 0) is 4.79 Å². The molecule has 130 valence electrons. The van der Waals surface area contributed by atoms with E-state index in [1.54, 1.807) is 24.5 Å². The number of furan rings is 1. The zero-order valence-electron chi connectivity index (χ0n) is 14.1. The number of benzene rings is 1. The molecular weight excluding hydrogens is 350 g/mol. The minimum atomic E-state index is -0.443. The van der Waals surface area contributed by atoms with Crippen molar-refractivity contribution in [2.24, 2.45) is 10.1 Å². The summed E-state index contributed by atoms with van der Waals surface area (Å²) in [6.45, 7) is 0. The number of aliphatic imine (C=N–C) groups is 1. The predicted molar refractivity (Wildman–Crippen MR) is 104 cm³/mol. The van der Waals surface area contributed by atoms with Crippen LogP contribution in [0.4, 0.5) is 5.69 Å². The lowest BCUT2D eigenvalue weighted by molar-refractivity contribution is -0.114. The number of thioether (sulfide) groups is 1. The Kier molecular flexibility index (Phi) is 3.96. The van der Waals surface area contributed by atoms with E-state index in [0.29, 0.717) is 16.0 Å². The van der Waals surface area contributed by atoms with Gasteiger partial charge in [-0.05, 0) is 47.7 Å². The lowest BCUT2D eigenvalue weighted by Crippen LogP contribution is -2.35. The van der Waals surface area contributed by atoms with Crippen LogP contribution in [0.3, 0.4) is 0 Å². The Bertz CT molecular complexity index is 972. The number of amidine groups is 2. The van der Waals surface area contributed by atoms with Crippen molar-refractivity contribution in [3.8, 4) is 0 Å². The first kappa shape index (κ1) is 16.3. The minimum absolute atomic E-state index is 0.00532. The van der Waals surface area contributed by atoms with Crippen molar-refractivity contribution in [2.45, 2.75) is 0 Å². The third kappa shape index (κ3) is 2.84. The van der Waals surface area contributed by atoms with Crippen LogP contribution in [0, 0.1) is 5.41 Å². The molecule has 0 saturated carbocycles. The molecule has 2 aromatic rings. The molecule has 0 spiro atoms. The summed E-state index contributed by atoms with van der Waals surface area (Å²) in [6, 6.07) is 11.3. The molecule has 0 unspecified atom stereocenters. The SMILES string of the molecule is CN(C)c1ccc(/C=C2/C(=N)N3N=C(c4ccco4)SC3=NC2=O)cc1. The van der Waals surface area contributed by atoms with E-state index in [2.05, 4.69) is 10.1 Å². The standard InChI is InChI=1S/C18H15N5O2S/c1-22(2)12-7-5-11(6-8-12)10-13-15(19)23-18(20-16(13)24)26-17(21-23)14-4-3-9-25-14/h3-10,19H,1-2H3/b13-10-,19-15?. The van der Waals surface area contributed by atoms with Crippen LogP contribution in [0.2, 0.25) is 0 Å². The summed E-state index contributed by atoms with van der Waals surface area (Å²) in [5.74, 6) is 0.143. The van der Waals surface area contributed by atoms with Gasteiger partial charge in [0.05, 0.1) is 11.8 Å². The summed E-state index contributed by atoms with van der Waals surface area (Å²) < 4.78 is 5.33. The van der Waals surface area contributed by atoms with Crippen molar-refractivity contribution in [3.05, 3.63) is 59.6 Å². The average molecular weight is 365 g/mol. The van der Waals surface area contributed by atoms with Gasteiger partial charge in [-0.2, -0.15) is 15.1 Å². The summed E-state index contributed by atoms with van der Waals surface area (Å²) >= 11 is 1.21. The lowest BCUT2D eigenvalue weighted by atomic mass is 10.1. The monoisotopic (exact) mass is 365 g/mol. The Hall–Kier alpha value is -3.13. The summed E-state index contributed by atoms with van der Waals surface area (Å²) in [7, 11) is 3.92. The number of carbonyl (C=O) groups is 1. The number of amides is 1. The van der Waals surface area contributed by atoms with E-state index in [0.717, 1.165) is 11.3 Å². The van der Waals surface area contributed by atoms with E-state index in [4.69, 9.17) is 9.83 Å². The maximum atomic E-state index is 12.4. The number of fused-ring (bicyclic) bond motifs is 1. The molecule has 0 fully saturated rings. The molecule has 0 aliphatic carbocycles. The molecule has 26 heavy (non-hydrogen) atoms. The summed E-state index contributed by atoms with van der Waals surface area (Å²) in [5.41, 5.74) is 2.09. The molecule has 2 aliphatic rings. The fraction of sp³-hybridized carbons (Fsp3) is 0.111. The van der Waals surface area contributed by atoms with E-state index in [-0.39, 0.29) is 11.4 Å². The molecular formula is C18H15N5O2S. The van der Waals surface area contributed by atoms with Crippen LogP contribution in [0.1, 0.15) is 11.3 Å². The van der Waals surface area contributed by atoms with Crippen LogP contribution in [0.25, 0.3) is 6.08 Å². The lowest BCUT2D eigenvalue weighted by Gasteiger charge is -2.20. The van der Waals surface area contributed by atoms with Crippen molar-refractivity contribution in [3.63, 3.8) is 0 Å². The fourth-order valence-corrected chi connectivity index (χ4v) is 3.39. The van der Waals surface area contributed by atoms with Gasteiger partial charge in [-0.3, -0.25) is 10.2 Å². The van der Waals surface area contributed by atoms with Crippen molar-refractivity contribution < 1.29 is 9.21 Å². The maximum Gasteiger partial charge on any atom is 0.283 e. The summed E-state index contributed by atoms with van der Waals surface area (Å²) in [5, 5.41) is 15.0. The largest absolute Gasteiger partial charge is 0.462 e. The Morgan fingerprint density at radius 3 is 2.65 bits per heavy atom. The third-order valence-corrected chi connectivity index (χ3v) is 4.83. The summed E-state index contributed by atoms with van der Waals surface area (Å²) in [6.07, 6.45) is 3.21. The van der Waals surface area contributed by atoms with Gasteiger partial charge >= 0.3 is 0 Å². The molecule has 1 aromatic carbocycles. The van der Waals surface area contributed by atoms with Crippen LogP contribution in [0.15, 0.2) is 62.7 Å². The Morgan fingerprint density at radius 2 is 2.00 bits per heavy atom. The number of hydrogen-bond donors (Lipinski definition) is 1. The Balaban J connectivity index is 1.65. The fourth-order valence-electron chi connectivity index (χ4n) is 2.53. The number of nitrogens with one attached hydrogen (secondary N) is 1. The highest BCUT2D eigenvalue weighted by Crippen LogP contribution is 2.31. The predicted octanol–water partition coefficient (Wildman–Crippen LogP) is 3.01. The molecule has 4 rings (SSSR count). The average Bonchev–Trinajstić information content (AvgIpc) is 3.28. The Labute approximate surface area is 154 Å². The van der Waals surface area contributed by atoms with Gasteiger partial charge in [-0.25, -0.2) is 0 Å². The quantitative estimate of drug-likeness (QED) is 0.845. The van der Waals surface area contributed by atoms with E-state index >= 15 is 0 Å². The Morgan fingerprint density at radius 1 is 1.23 bits per heavy atom. The molecule has 0 atom stereocenters. The number of nitrogens with zero attached hydrogens (tertiary/aromatic N) is 4. The van der Waals surface area contributed by atoms with E-state index in [9.17, 15) is 4.79 Å². The third-order valence-electron chi connectivity index (χ3n) is 3.91. The minimum Gasteiger partial charge on any atom is -0.462 e. The zero-order chi connectivity index (χ0) is 18.3. The smallest absolute Gasteiger partial charge is 0.283 e. The van der Waals surface area contributed by atoms with Gasteiger partial charge in [0.2, 0.25) is 5.17 Å². The van der Waals surface area contributed by atoms with Crippen molar-refractivity contribution >= 4 is 45.5 Å². The van der Waals surface area contributed by atoms with Gasteiger partial charge in [-0.15, -0.1) is 0 Å². The van der Waals surface area contributed by atoms with Crippen molar-refractivity contribution in [1.29, 1.82) is 5.41 Å². The highest BCUT2D eigenvalue weighted by atomic mass is 32.2.